The van der Waals surface area contributed by atoms with Crippen molar-refractivity contribution in [2.24, 2.45) is 46.3 Å². The second-order valence-corrected chi connectivity index (χ2v) is 14.6. The van der Waals surface area contributed by atoms with Gasteiger partial charge >= 0.3 is 11.9 Å². The molecule has 3 saturated carbocycles. The Hall–Kier alpha value is -1.32. The molecule has 38 heavy (non-hydrogen) atoms. The fourth-order valence-corrected chi connectivity index (χ4v) is 9.72. The molecule has 4 nitrogen and oxygen atoms in total. The Bertz CT molecular complexity index is 861. The smallest absolute Gasteiger partial charge is 0.306 e. The number of rotatable bonds is 12. The van der Waals surface area contributed by atoms with E-state index in [1.165, 1.54) is 51.4 Å². The molecule has 0 heterocycles. The van der Waals surface area contributed by atoms with Crippen molar-refractivity contribution in [3.8, 4) is 0 Å². The first-order valence-electron chi connectivity index (χ1n) is 16.2. The maximum absolute atomic E-state index is 12.5. The third kappa shape index (κ3) is 6.35. The van der Waals surface area contributed by atoms with E-state index >= 15 is 0 Å². The van der Waals surface area contributed by atoms with Gasteiger partial charge in [0.1, 0.15) is 6.10 Å². The number of unbranched alkanes of at least 4 members (excludes halogenated alkanes) is 2. The van der Waals surface area contributed by atoms with Crippen LogP contribution in [0.5, 0.6) is 0 Å². The highest BCUT2D eigenvalue weighted by Crippen LogP contribution is 2.67. The van der Waals surface area contributed by atoms with E-state index in [4.69, 9.17) is 9.84 Å². The van der Waals surface area contributed by atoms with Gasteiger partial charge in [0, 0.05) is 19.3 Å². The van der Waals surface area contributed by atoms with Gasteiger partial charge in [-0.2, -0.15) is 0 Å². The van der Waals surface area contributed by atoms with Crippen molar-refractivity contribution < 1.29 is 19.4 Å². The molecular formula is C34H56O4. The molecule has 0 spiro atoms. The van der Waals surface area contributed by atoms with Crippen molar-refractivity contribution in [2.75, 3.05) is 0 Å². The summed E-state index contributed by atoms with van der Waals surface area (Å²) in [5, 5.41) is 8.76. The van der Waals surface area contributed by atoms with E-state index in [0.29, 0.717) is 18.3 Å². The highest BCUT2D eigenvalue weighted by Gasteiger charge is 2.59. The van der Waals surface area contributed by atoms with E-state index in [-0.39, 0.29) is 23.9 Å². The van der Waals surface area contributed by atoms with Gasteiger partial charge in [-0.3, -0.25) is 9.59 Å². The second-order valence-electron chi connectivity index (χ2n) is 14.6. The molecule has 4 aliphatic rings. The van der Waals surface area contributed by atoms with Gasteiger partial charge in [0.15, 0.2) is 0 Å². The van der Waals surface area contributed by atoms with Crippen LogP contribution in [0, 0.1) is 46.3 Å². The average Bonchev–Trinajstić information content (AvgIpc) is 3.21. The van der Waals surface area contributed by atoms with Crippen molar-refractivity contribution in [3.63, 3.8) is 0 Å². The number of hydrogen-bond donors (Lipinski definition) is 1. The predicted octanol–water partition coefficient (Wildman–Crippen LogP) is 8.97. The maximum Gasteiger partial charge on any atom is 0.306 e. The lowest BCUT2D eigenvalue weighted by atomic mass is 9.47. The number of carbonyl (C=O) groups is 2. The van der Waals surface area contributed by atoms with E-state index in [9.17, 15) is 9.59 Å². The van der Waals surface area contributed by atoms with Gasteiger partial charge in [-0.15, -0.1) is 0 Å². The third-order valence-corrected chi connectivity index (χ3v) is 11.8. The minimum absolute atomic E-state index is 0.0220. The molecule has 3 fully saturated rings. The Morgan fingerprint density at radius 1 is 0.947 bits per heavy atom. The quantitative estimate of drug-likeness (QED) is 0.156. The van der Waals surface area contributed by atoms with E-state index in [2.05, 4.69) is 40.7 Å². The lowest BCUT2D eigenvalue weighted by molar-refractivity contribution is -0.151. The molecule has 0 unspecified atom stereocenters. The number of fused-ring (bicyclic) bond motifs is 5. The Labute approximate surface area is 232 Å². The molecule has 4 heteroatoms. The summed E-state index contributed by atoms with van der Waals surface area (Å²) in [6.07, 6.45) is 19.4. The van der Waals surface area contributed by atoms with Gasteiger partial charge in [0.2, 0.25) is 0 Å². The monoisotopic (exact) mass is 528 g/mol. The summed E-state index contributed by atoms with van der Waals surface area (Å²) in [4.78, 5) is 23.1. The van der Waals surface area contributed by atoms with Crippen LogP contribution in [-0.4, -0.2) is 23.1 Å². The number of allylic oxidation sites excluding steroid dienone is 1. The highest BCUT2D eigenvalue weighted by molar-refractivity contribution is 5.69. The molecule has 4 rings (SSSR count). The number of carbonyl (C=O) groups excluding carboxylic acids is 1. The fourth-order valence-electron chi connectivity index (χ4n) is 9.72. The van der Waals surface area contributed by atoms with Crippen LogP contribution >= 0.6 is 0 Å². The SMILES string of the molecule is CC(C)CCC[C@@H](C)[C@H]1CC[C@H]2[C@@H]3CC=C4C[C@@H](OC(=O)CCCCCC(=O)O)CC[C@]4(C)[C@H]3CC[C@]12C. The second kappa shape index (κ2) is 12.5. The summed E-state index contributed by atoms with van der Waals surface area (Å²) in [5.41, 5.74) is 2.38. The summed E-state index contributed by atoms with van der Waals surface area (Å²) in [7, 11) is 0. The van der Waals surface area contributed by atoms with Gasteiger partial charge in [-0.05, 0) is 104 Å². The summed E-state index contributed by atoms with van der Waals surface area (Å²) in [6.45, 7) is 12.5. The Kier molecular flexibility index (Phi) is 9.73. The molecule has 0 aromatic rings. The minimum atomic E-state index is -0.761. The topological polar surface area (TPSA) is 63.6 Å². The van der Waals surface area contributed by atoms with Gasteiger partial charge in [0.05, 0.1) is 0 Å². The molecule has 8 atom stereocenters. The zero-order valence-electron chi connectivity index (χ0n) is 25.1. The molecule has 0 aromatic heterocycles. The Balaban J connectivity index is 1.32. The van der Waals surface area contributed by atoms with Crippen molar-refractivity contribution in [2.45, 2.75) is 143 Å². The Morgan fingerprint density at radius 3 is 2.45 bits per heavy atom. The molecular weight excluding hydrogens is 472 g/mol. The highest BCUT2D eigenvalue weighted by atomic mass is 16.5. The van der Waals surface area contributed by atoms with Crippen LogP contribution < -0.4 is 0 Å². The number of esters is 1. The number of carboxylic acids is 1. The Morgan fingerprint density at radius 2 is 1.71 bits per heavy atom. The van der Waals surface area contributed by atoms with Crippen LogP contribution in [0.3, 0.4) is 0 Å². The summed E-state index contributed by atoms with van der Waals surface area (Å²) in [6, 6.07) is 0. The molecule has 0 aliphatic heterocycles. The maximum atomic E-state index is 12.5. The lowest BCUT2D eigenvalue weighted by Crippen LogP contribution is -2.51. The standard InChI is InChI=1S/C34H56O4/c1-23(2)10-9-11-24(3)28-16-17-29-27-15-14-25-22-26(38-32(37)13-8-6-7-12-31(35)36)18-20-33(25,4)30(27)19-21-34(28,29)5/h14,23-24,26-30H,6-13,15-22H2,1-5H3,(H,35,36)/t24-,26+,27+,28-,29+,30+,33+,34-/m1/s1. The minimum Gasteiger partial charge on any atom is -0.481 e. The van der Waals surface area contributed by atoms with E-state index in [1.54, 1.807) is 5.57 Å². The van der Waals surface area contributed by atoms with Crippen LogP contribution in [0.15, 0.2) is 11.6 Å². The molecule has 1 N–H and O–H groups in total. The largest absolute Gasteiger partial charge is 0.481 e. The van der Waals surface area contributed by atoms with Gasteiger partial charge in [0.25, 0.3) is 0 Å². The van der Waals surface area contributed by atoms with Gasteiger partial charge in [-0.1, -0.05) is 72.0 Å². The lowest BCUT2D eigenvalue weighted by Gasteiger charge is -2.58. The van der Waals surface area contributed by atoms with E-state index in [0.717, 1.165) is 67.6 Å². The average molecular weight is 529 g/mol. The number of aliphatic carboxylic acids is 1. The zero-order chi connectivity index (χ0) is 27.5. The summed E-state index contributed by atoms with van der Waals surface area (Å²) in [5.74, 6) is 4.22. The summed E-state index contributed by atoms with van der Waals surface area (Å²) < 4.78 is 5.93. The van der Waals surface area contributed by atoms with Crippen LogP contribution in [-0.2, 0) is 14.3 Å². The third-order valence-electron chi connectivity index (χ3n) is 11.8. The number of hydrogen-bond acceptors (Lipinski definition) is 3. The van der Waals surface area contributed by atoms with Gasteiger partial charge < -0.3 is 9.84 Å². The van der Waals surface area contributed by atoms with Crippen molar-refractivity contribution in [1.82, 2.24) is 0 Å². The van der Waals surface area contributed by atoms with E-state index in [1.807, 2.05) is 0 Å². The van der Waals surface area contributed by atoms with Crippen molar-refractivity contribution in [1.29, 1.82) is 0 Å². The zero-order valence-corrected chi connectivity index (χ0v) is 25.1. The first-order chi connectivity index (χ1) is 18.0. The first kappa shape index (κ1) is 29.7. The predicted molar refractivity (Wildman–Crippen MR) is 154 cm³/mol. The number of carboxylic acid groups (broad SMARTS) is 1. The summed E-state index contributed by atoms with van der Waals surface area (Å²) >= 11 is 0. The molecule has 0 saturated heterocycles. The molecule has 0 amide bonds. The molecule has 4 aliphatic carbocycles. The van der Waals surface area contributed by atoms with Crippen LogP contribution in [0.25, 0.3) is 0 Å². The first-order valence-corrected chi connectivity index (χ1v) is 16.2. The van der Waals surface area contributed by atoms with Crippen LogP contribution in [0.1, 0.15) is 137 Å². The van der Waals surface area contributed by atoms with Crippen LogP contribution in [0.4, 0.5) is 0 Å². The molecule has 216 valence electrons. The number of ether oxygens (including phenoxy) is 1. The molecule has 0 bridgehead atoms. The van der Waals surface area contributed by atoms with Crippen molar-refractivity contribution >= 4 is 11.9 Å². The van der Waals surface area contributed by atoms with Crippen LogP contribution in [0.2, 0.25) is 0 Å². The van der Waals surface area contributed by atoms with Crippen molar-refractivity contribution in [3.05, 3.63) is 11.6 Å². The molecule has 0 aromatic carbocycles. The van der Waals surface area contributed by atoms with Gasteiger partial charge in [-0.25, -0.2) is 0 Å². The van der Waals surface area contributed by atoms with E-state index < -0.39 is 5.97 Å². The normalized spacial score (nSPS) is 37.1. The molecule has 0 radical (unpaired) electrons. The fraction of sp³-hybridized carbons (Fsp3) is 0.882.